The van der Waals surface area contributed by atoms with E-state index in [2.05, 4.69) is 0 Å². The zero-order valence-corrected chi connectivity index (χ0v) is 27.0. The van der Waals surface area contributed by atoms with Crippen molar-refractivity contribution >= 4 is 51.3 Å². The normalized spacial score (nSPS) is 19.1. The van der Waals surface area contributed by atoms with Crippen molar-refractivity contribution in [1.29, 1.82) is 0 Å². The van der Waals surface area contributed by atoms with Gasteiger partial charge in [0, 0.05) is 35.1 Å². The number of amides is 2. The van der Waals surface area contributed by atoms with E-state index in [4.69, 9.17) is 0 Å². The summed E-state index contributed by atoms with van der Waals surface area (Å²) in [5.74, 6) is -8.25. The molecule has 2 aromatic rings. The van der Waals surface area contributed by atoms with Crippen LogP contribution in [0.1, 0.15) is 65.6 Å². The summed E-state index contributed by atoms with van der Waals surface area (Å²) in [4.78, 5) is 32.5. The highest BCUT2D eigenvalue weighted by Gasteiger charge is 2.41. The van der Waals surface area contributed by atoms with Crippen molar-refractivity contribution in [2.24, 2.45) is 5.92 Å². The number of rotatable bonds is 10. The van der Waals surface area contributed by atoms with Crippen LogP contribution in [0.3, 0.4) is 0 Å². The average Bonchev–Trinajstić information content (AvgIpc) is 3.75. The molecular formula is C33H32F6N2O2S2. The van der Waals surface area contributed by atoms with E-state index in [1.165, 1.54) is 27.2 Å². The summed E-state index contributed by atoms with van der Waals surface area (Å²) in [6.07, 6.45) is 3.95. The molecule has 12 heteroatoms. The van der Waals surface area contributed by atoms with Gasteiger partial charge in [-0.2, -0.15) is 0 Å². The van der Waals surface area contributed by atoms with Crippen molar-refractivity contribution in [3.63, 3.8) is 0 Å². The van der Waals surface area contributed by atoms with Crippen LogP contribution in [0.25, 0.3) is 16.8 Å². The highest BCUT2D eigenvalue weighted by atomic mass is 32.1. The molecule has 0 spiro atoms. The van der Waals surface area contributed by atoms with E-state index in [0.717, 1.165) is 28.4 Å². The number of hydrogen-bond donors (Lipinski definition) is 0. The molecule has 3 heterocycles. The highest BCUT2D eigenvalue weighted by molar-refractivity contribution is 7.14. The molecule has 2 aromatic heterocycles. The highest BCUT2D eigenvalue weighted by Crippen LogP contribution is 2.42. The first-order chi connectivity index (χ1) is 21.3. The summed E-state index contributed by atoms with van der Waals surface area (Å²) in [7, 11) is 3.16. The molecule has 2 atom stereocenters. The average molecular weight is 667 g/mol. The van der Waals surface area contributed by atoms with Gasteiger partial charge in [-0.3, -0.25) is 9.59 Å². The Morgan fingerprint density at radius 1 is 1.13 bits per heavy atom. The molecule has 0 saturated carbocycles. The molecule has 1 aliphatic heterocycles. The van der Waals surface area contributed by atoms with E-state index in [1.807, 2.05) is 6.92 Å². The standard InChI is InChI=1S/C33H32F6N2O2S2/c1-6-7-19(14-22(36)24(38)16-34)26-11-10-25(44-26)18(3)40(4)33(43)29-17(2)32(42)41(5)31(29)28-13-12-27(45-28)20-8-9-21(35)30(39)23(37)15-20/h8,10-15,17-18H,6-7,9,16H2,1-5H3. The SMILES string of the molecule is CCCC(=CC(F)=C(F)CF)c1ccc(C(C)N(C)C(=O)C2=C(c3ccc(C4=CCC(F)=C(F)C(F)=C4)s3)N(C)C(=O)C2C)s1. The maximum absolute atomic E-state index is 14.1. The van der Waals surface area contributed by atoms with Crippen LogP contribution in [-0.2, 0) is 9.59 Å². The second-order valence-corrected chi connectivity index (χ2v) is 12.9. The molecule has 0 bridgehead atoms. The van der Waals surface area contributed by atoms with Crippen LogP contribution < -0.4 is 0 Å². The summed E-state index contributed by atoms with van der Waals surface area (Å²) in [6.45, 7) is 3.79. The lowest BCUT2D eigenvalue weighted by molar-refractivity contribution is -0.132. The largest absolute Gasteiger partial charge is 0.334 e. The number of carbonyl (C=O) groups excluding carboxylic acids is 2. The second kappa shape index (κ2) is 14.2. The number of thiophene rings is 2. The number of carbonyl (C=O) groups is 2. The molecule has 45 heavy (non-hydrogen) atoms. The number of hydrogen-bond acceptors (Lipinski definition) is 4. The van der Waals surface area contributed by atoms with Crippen LogP contribution in [0, 0.1) is 5.92 Å². The molecule has 0 saturated heterocycles. The van der Waals surface area contributed by atoms with Gasteiger partial charge in [0.15, 0.2) is 23.3 Å². The van der Waals surface area contributed by atoms with E-state index in [1.54, 1.807) is 52.2 Å². The summed E-state index contributed by atoms with van der Waals surface area (Å²) in [5, 5.41) is 0. The topological polar surface area (TPSA) is 40.6 Å². The van der Waals surface area contributed by atoms with Crippen LogP contribution >= 0.6 is 22.7 Å². The molecule has 0 N–H and O–H groups in total. The maximum Gasteiger partial charge on any atom is 0.253 e. The number of halogens is 6. The van der Waals surface area contributed by atoms with Crippen LogP contribution in [-0.4, -0.2) is 42.4 Å². The van der Waals surface area contributed by atoms with Crippen molar-refractivity contribution in [1.82, 2.24) is 9.80 Å². The van der Waals surface area contributed by atoms with Gasteiger partial charge in [0.1, 0.15) is 12.5 Å². The van der Waals surface area contributed by atoms with Gasteiger partial charge in [-0.1, -0.05) is 19.4 Å². The number of likely N-dealkylation sites (N-methyl/N-ethyl adjacent to an activating group) is 1. The molecule has 4 rings (SSSR count). The molecular weight excluding hydrogens is 634 g/mol. The van der Waals surface area contributed by atoms with Crippen molar-refractivity contribution in [3.8, 4) is 0 Å². The summed E-state index contributed by atoms with van der Waals surface area (Å²) in [6, 6.07) is 6.39. The Kier molecular flexibility index (Phi) is 10.8. The van der Waals surface area contributed by atoms with E-state index in [-0.39, 0.29) is 17.1 Å². The molecule has 0 radical (unpaired) electrons. The molecule has 1 aliphatic carbocycles. The predicted molar refractivity (Wildman–Crippen MR) is 168 cm³/mol. The quantitative estimate of drug-likeness (QED) is 0.187. The molecule has 2 aliphatic rings. The van der Waals surface area contributed by atoms with Gasteiger partial charge >= 0.3 is 0 Å². The lowest BCUT2D eigenvalue weighted by atomic mass is 9.99. The summed E-state index contributed by atoms with van der Waals surface area (Å²) >= 11 is 2.46. The third-order valence-corrected chi connectivity index (χ3v) is 10.2. The van der Waals surface area contributed by atoms with Gasteiger partial charge < -0.3 is 9.80 Å². The first-order valence-electron chi connectivity index (χ1n) is 14.2. The predicted octanol–water partition coefficient (Wildman–Crippen LogP) is 9.94. The van der Waals surface area contributed by atoms with Crippen molar-refractivity contribution < 1.29 is 35.9 Å². The lowest BCUT2D eigenvalue weighted by Gasteiger charge is -2.26. The minimum atomic E-state index is -1.54. The van der Waals surface area contributed by atoms with Crippen molar-refractivity contribution in [2.45, 2.75) is 46.1 Å². The number of alkyl halides is 1. The third kappa shape index (κ3) is 6.96. The molecule has 2 amide bonds. The fraction of sp³-hybridized carbons (Fsp3) is 0.333. The minimum Gasteiger partial charge on any atom is -0.334 e. The third-order valence-electron chi connectivity index (χ3n) is 7.76. The summed E-state index contributed by atoms with van der Waals surface area (Å²) in [5.41, 5.74) is 1.43. The van der Waals surface area contributed by atoms with E-state index >= 15 is 0 Å². The molecule has 240 valence electrons. The first kappa shape index (κ1) is 34.2. The van der Waals surface area contributed by atoms with Gasteiger partial charge in [0.25, 0.3) is 5.91 Å². The van der Waals surface area contributed by atoms with Gasteiger partial charge in [-0.25, -0.2) is 26.3 Å². The zero-order valence-electron chi connectivity index (χ0n) is 25.3. The van der Waals surface area contributed by atoms with Gasteiger partial charge in [0.05, 0.1) is 28.1 Å². The lowest BCUT2D eigenvalue weighted by Crippen LogP contribution is -2.32. The van der Waals surface area contributed by atoms with E-state index < -0.39 is 60.1 Å². The van der Waals surface area contributed by atoms with Crippen LogP contribution in [0.2, 0.25) is 0 Å². The van der Waals surface area contributed by atoms with Crippen molar-refractivity contribution in [3.05, 3.63) is 96.7 Å². The van der Waals surface area contributed by atoms with Crippen LogP contribution in [0.15, 0.2) is 77.2 Å². The Bertz CT molecular complexity index is 1690. The van der Waals surface area contributed by atoms with Crippen LogP contribution in [0.4, 0.5) is 26.3 Å². The second-order valence-electron chi connectivity index (χ2n) is 10.7. The Labute approximate surface area is 266 Å². The van der Waals surface area contributed by atoms with Gasteiger partial charge in [-0.15, -0.1) is 22.7 Å². The maximum atomic E-state index is 14.1. The van der Waals surface area contributed by atoms with Crippen LogP contribution in [0.5, 0.6) is 0 Å². The minimum absolute atomic E-state index is 0.262. The van der Waals surface area contributed by atoms with Crippen molar-refractivity contribution in [2.75, 3.05) is 20.8 Å². The Balaban J connectivity index is 1.66. The fourth-order valence-corrected chi connectivity index (χ4v) is 7.36. The molecule has 2 unspecified atom stereocenters. The monoisotopic (exact) mass is 666 g/mol. The van der Waals surface area contributed by atoms with E-state index in [0.29, 0.717) is 38.7 Å². The fourth-order valence-electron chi connectivity index (χ4n) is 5.10. The number of allylic oxidation sites excluding steroid dienone is 10. The smallest absolute Gasteiger partial charge is 0.253 e. The van der Waals surface area contributed by atoms with Gasteiger partial charge in [-0.05, 0) is 67.8 Å². The van der Waals surface area contributed by atoms with Gasteiger partial charge in [0.2, 0.25) is 5.91 Å². The Morgan fingerprint density at radius 2 is 1.82 bits per heavy atom. The Hall–Kier alpha value is -3.64. The summed E-state index contributed by atoms with van der Waals surface area (Å²) < 4.78 is 81.9. The van der Waals surface area contributed by atoms with E-state index in [9.17, 15) is 35.9 Å². The first-order valence-corrected chi connectivity index (χ1v) is 15.9. The molecule has 0 aromatic carbocycles. The zero-order chi connectivity index (χ0) is 33.2. The molecule has 4 nitrogen and oxygen atoms in total. The number of nitrogens with zero attached hydrogens (tertiary/aromatic N) is 2. The molecule has 0 fully saturated rings. The Morgan fingerprint density at radius 3 is 2.49 bits per heavy atom.